The Kier molecular flexibility index (Phi) is 7.33. The van der Waals surface area contributed by atoms with Gasteiger partial charge in [-0.2, -0.15) is 0 Å². The summed E-state index contributed by atoms with van der Waals surface area (Å²) in [5, 5.41) is 19.6. The van der Waals surface area contributed by atoms with Crippen LogP contribution in [0.5, 0.6) is 0 Å². The Hall–Kier alpha value is -2.39. The molecule has 0 amide bonds. The number of likely N-dealkylation sites (tertiary alicyclic amines) is 1. The second-order valence-corrected chi connectivity index (χ2v) is 9.60. The summed E-state index contributed by atoms with van der Waals surface area (Å²) in [7, 11) is 1.38. The summed E-state index contributed by atoms with van der Waals surface area (Å²) in [4.78, 5) is 13.2. The average molecular weight is 534 g/mol. The van der Waals surface area contributed by atoms with E-state index in [9.17, 15) is 23.8 Å². The van der Waals surface area contributed by atoms with Gasteiger partial charge in [0.1, 0.15) is 0 Å². The van der Waals surface area contributed by atoms with Crippen molar-refractivity contribution < 1.29 is 28.5 Å². The summed E-state index contributed by atoms with van der Waals surface area (Å²) in [5.74, 6) is -2.84. The van der Waals surface area contributed by atoms with Gasteiger partial charge < -0.3 is 14.9 Å². The Morgan fingerprint density at radius 3 is 2.53 bits per heavy atom. The molecule has 0 saturated carbocycles. The number of ether oxygens (including phenoxy) is 1. The maximum absolute atomic E-state index is 12.5. The van der Waals surface area contributed by atoms with Gasteiger partial charge in [0.25, 0.3) is 0 Å². The zero-order valence-electron chi connectivity index (χ0n) is 18.7. The predicted molar refractivity (Wildman–Crippen MR) is 129 cm³/mol. The molecule has 1 aliphatic carbocycles. The number of fused-ring (bicyclic) bond motifs is 1. The number of hydrogen-bond donors (Lipinski definition) is 2. The van der Waals surface area contributed by atoms with Crippen LogP contribution in [0.4, 0.5) is 8.78 Å². The third kappa shape index (κ3) is 5.30. The number of alkyl halides is 2. The third-order valence-corrected chi connectivity index (χ3v) is 6.99. The molecule has 1 heterocycles. The quantitative estimate of drug-likeness (QED) is 0.405. The topological polar surface area (TPSA) is 70.0 Å². The Balaban J connectivity index is 1.53. The highest BCUT2D eigenvalue weighted by Gasteiger charge is 2.40. The van der Waals surface area contributed by atoms with Crippen LogP contribution in [0.1, 0.15) is 51.9 Å². The molecular weight excluding hydrogens is 508 g/mol. The van der Waals surface area contributed by atoms with E-state index in [1.807, 2.05) is 42.5 Å². The van der Waals surface area contributed by atoms with E-state index in [2.05, 4.69) is 15.9 Å². The minimum absolute atomic E-state index is 0.230. The van der Waals surface area contributed by atoms with Gasteiger partial charge in [0, 0.05) is 17.6 Å². The van der Waals surface area contributed by atoms with E-state index in [4.69, 9.17) is 4.74 Å². The molecule has 5 nitrogen and oxygen atoms in total. The van der Waals surface area contributed by atoms with E-state index >= 15 is 0 Å². The summed E-state index contributed by atoms with van der Waals surface area (Å²) in [5.41, 5.74) is 6.74. The molecule has 34 heavy (non-hydrogen) atoms. The lowest BCUT2D eigenvalue weighted by Gasteiger charge is -2.42. The highest BCUT2D eigenvalue weighted by molar-refractivity contribution is 9.11. The summed E-state index contributed by atoms with van der Waals surface area (Å²) >= 11 is 3.76. The molecule has 4 rings (SSSR count). The van der Waals surface area contributed by atoms with E-state index in [1.54, 1.807) is 6.07 Å². The average Bonchev–Trinajstić information content (AvgIpc) is 2.92. The number of aliphatic hydroxyl groups is 2. The smallest absolute Gasteiger partial charge is 0.337 e. The van der Waals surface area contributed by atoms with Gasteiger partial charge in [-0.1, -0.05) is 52.3 Å². The summed E-state index contributed by atoms with van der Waals surface area (Å²) < 4.78 is 31.0. The monoisotopic (exact) mass is 533 g/mol. The molecule has 0 bridgehead atoms. The van der Waals surface area contributed by atoms with Crippen LogP contribution in [0.3, 0.4) is 0 Å². The lowest BCUT2D eigenvalue weighted by molar-refractivity contribution is -0.285. The van der Waals surface area contributed by atoms with Crippen LogP contribution in [0.15, 0.2) is 52.5 Å². The summed E-state index contributed by atoms with van der Waals surface area (Å²) in [6.07, 6.45) is 0.869. The molecule has 180 valence electrons. The van der Waals surface area contributed by atoms with E-state index in [0.29, 0.717) is 5.56 Å². The standard InChI is InChI=1S/C26H26BrF2NO4/c1-34-25(31)20-9-10-21-19(12-20)3-2-4-22(27)24(21)18-7-5-16(6-8-18)11-17-14-30(15-17)26(32,33)13-23(28)29/h5-12,23,32-33H,2-4,13-15H2,1H3. The molecule has 0 spiro atoms. The number of benzene rings is 2. The fraction of sp³-hybridized carbons (Fsp3) is 0.346. The van der Waals surface area contributed by atoms with Gasteiger partial charge in [0.15, 0.2) is 0 Å². The van der Waals surface area contributed by atoms with E-state index in [1.165, 1.54) is 12.0 Å². The molecule has 0 atom stereocenters. The van der Waals surface area contributed by atoms with Gasteiger partial charge in [0.05, 0.1) is 19.1 Å². The van der Waals surface area contributed by atoms with E-state index in [-0.39, 0.29) is 19.1 Å². The fourth-order valence-corrected chi connectivity index (χ4v) is 5.14. The molecule has 2 aromatic rings. The van der Waals surface area contributed by atoms with Crippen LogP contribution in [0.25, 0.3) is 11.6 Å². The number of allylic oxidation sites excluding steroid dienone is 1. The first kappa shape index (κ1) is 24.7. The lowest BCUT2D eigenvalue weighted by atomic mass is 9.91. The number of carbonyl (C=O) groups is 1. The molecule has 2 aromatic carbocycles. The molecule has 2 N–H and O–H groups in total. The van der Waals surface area contributed by atoms with Crippen LogP contribution in [0, 0.1) is 0 Å². The number of methoxy groups -OCH3 is 1. The van der Waals surface area contributed by atoms with Crippen molar-refractivity contribution in [2.75, 3.05) is 20.2 Å². The van der Waals surface area contributed by atoms with Crippen molar-refractivity contribution in [3.05, 3.63) is 80.3 Å². The number of esters is 1. The van der Waals surface area contributed by atoms with Crippen LogP contribution in [-0.2, 0) is 11.2 Å². The lowest BCUT2D eigenvalue weighted by Crippen LogP contribution is -2.57. The minimum Gasteiger partial charge on any atom is -0.465 e. The first-order chi connectivity index (χ1) is 16.2. The van der Waals surface area contributed by atoms with Crippen LogP contribution in [0.2, 0.25) is 0 Å². The Morgan fingerprint density at radius 1 is 1.18 bits per heavy atom. The summed E-state index contributed by atoms with van der Waals surface area (Å²) in [6, 6.07) is 13.7. The number of aryl methyl sites for hydroxylation is 1. The second kappa shape index (κ2) is 10.1. The van der Waals surface area contributed by atoms with Crippen molar-refractivity contribution in [3.8, 4) is 0 Å². The zero-order chi connectivity index (χ0) is 24.5. The van der Waals surface area contributed by atoms with Crippen molar-refractivity contribution in [3.63, 3.8) is 0 Å². The predicted octanol–water partition coefficient (Wildman–Crippen LogP) is 4.96. The van der Waals surface area contributed by atoms with Crippen LogP contribution in [-0.4, -0.2) is 53.6 Å². The molecule has 2 aliphatic rings. The normalized spacial score (nSPS) is 16.7. The SMILES string of the molecule is COC(=O)c1ccc2c(c1)CCCC(Br)=C2c1ccc(C=C2CN(C(O)(O)CC(F)F)C2)cc1. The van der Waals surface area contributed by atoms with Crippen molar-refractivity contribution in [1.82, 2.24) is 4.90 Å². The molecule has 0 radical (unpaired) electrons. The summed E-state index contributed by atoms with van der Waals surface area (Å²) in [6.45, 7) is 0.460. The molecule has 1 saturated heterocycles. The molecule has 0 unspecified atom stereocenters. The number of nitrogens with zero attached hydrogens (tertiary/aromatic N) is 1. The molecule has 8 heteroatoms. The number of halogens is 3. The van der Waals surface area contributed by atoms with Gasteiger partial charge in [-0.3, -0.25) is 0 Å². The first-order valence-corrected chi connectivity index (χ1v) is 11.9. The third-order valence-electron chi connectivity index (χ3n) is 6.20. The van der Waals surface area contributed by atoms with Crippen LogP contribution >= 0.6 is 15.9 Å². The second-order valence-electron chi connectivity index (χ2n) is 8.65. The minimum atomic E-state index is -2.79. The Bertz CT molecular complexity index is 1130. The van der Waals surface area contributed by atoms with E-state index in [0.717, 1.165) is 57.1 Å². The first-order valence-electron chi connectivity index (χ1n) is 11.1. The van der Waals surface area contributed by atoms with Gasteiger partial charge >= 0.3 is 5.97 Å². The fourth-order valence-electron chi connectivity index (χ4n) is 4.41. The van der Waals surface area contributed by atoms with Crippen molar-refractivity contribution in [1.29, 1.82) is 0 Å². The van der Waals surface area contributed by atoms with Gasteiger partial charge in [-0.15, -0.1) is 0 Å². The molecule has 0 aromatic heterocycles. The van der Waals surface area contributed by atoms with Crippen LogP contribution < -0.4 is 0 Å². The largest absolute Gasteiger partial charge is 0.465 e. The maximum atomic E-state index is 12.5. The molecular formula is C26H26BrF2NO4. The van der Waals surface area contributed by atoms with E-state index < -0.39 is 18.8 Å². The maximum Gasteiger partial charge on any atom is 0.337 e. The van der Waals surface area contributed by atoms with Gasteiger partial charge in [0.2, 0.25) is 12.3 Å². The molecule has 1 fully saturated rings. The Labute approximate surface area is 205 Å². The van der Waals surface area contributed by atoms with Crippen molar-refractivity contribution in [2.45, 2.75) is 38.0 Å². The van der Waals surface area contributed by atoms with Gasteiger partial charge in [-0.05, 0) is 64.8 Å². The number of carbonyl (C=O) groups excluding carboxylic acids is 1. The molecule has 1 aliphatic heterocycles. The number of hydrogen-bond acceptors (Lipinski definition) is 5. The van der Waals surface area contributed by atoms with Crippen molar-refractivity contribution in [2.24, 2.45) is 0 Å². The van der Waals surface area contributed by atoms with Crippen molar-refractivity contribution >= 4 is 33.5 Å². The van der Waals surface area contributed by atoms with Gasteiger partial charge in [-0.25, -0.2) is 18.5 Å². The highest BCUT2D eigenvalue weighted by atomic mass is 79.9. The zero-order valence-corrected chi connectivity index (χ0v) is 20.3. The number of rotatable bonds is 6. The Morgan fingerprint density at radius 2 is 1.88 bits per heavy atom. The highest BCUT2D eigenvalue weighted by Crippen LogP contribution is 2.38.